The molecule has 7 heteroatoms. The molecule has 1 fully saturated rings. The van der Waals surface area contributed by atoms with E-state index >= 15 is 0 Å². The fourth-order valence-corrected chi connectivity index (χ4v) is 4.33. The van der Waals surface area contributed by atoms with Crippen LogP contribution in [-0.4, -0.2) is 32.5 Å². The quantitative estimate of drug-likeness (QED) is 0.787. The molecule has 0 unspecified atom stereocenters. The Hall–Kier alpha value is -2.67. The van der Waals surface area contributed by atoms with Crippen molar-refractivity contribution in [3.63, 3.8) is 0 Å². The third-order valence-electron chi connectivity index (χ3n) is 4.19. The van der Waals surface area contributed by atoms with Crippen molar-refractivity contribution >= 4 is 27.5 Å². The van der Waals surface area contributed by atoms with Crippen LogP contribution in [0.4, 0.5) is 5.69 Å². The van der Waals surface area contributed by atoms with E-state index in [0.717, 1.165) is 17.1 Å². The normalized spacial score (nSPS) is 15.8. The molecule has 0 aliphatic carbocycles. The van der Waals surface area contributed by atoms with Crippen molar-refractivity contribution < 1.29 is 18.0 Å². The molecule has 1 saturated heterocycles. The lowest BCUT2D eigenvalue weighted by atomic mass is 10.1. The molecule has 2 aromatic carbocycles. The zero-order valence-corrected chi connectivity index (χ0v) is 15.0. The monoisotopic (exact) mass is 372 g/mol. The zero-order chi connectivity index (χ0) is 18.6. The van der Waals surface area contributed by atoms with Crippen LogP contribution in [0.5, 0.6) is 0 Å². The molecule has 6 nitrogen and oxygen atoms in total. The first-order chi connectivity index (χ1) is 12.5. The molecule has 1 aliphatic heterocycles. The van der Waals surface area contributed by atoms with Gasteiger partial charge in [-0.2, -0.15) is 0 Å². The average Bonchev–Trinajstić information content (AvgIpc) is 2.92. The van der Waals surface area contributed by atoms with Crippen molar-refractivity contribution in [2.45, 2.75) is 19.3 Å². The number of carbonyl (C=O) groups is 2. The average molecular weight is 372 g/mol. The topological polar surface area (TPSA) is 83.6 Å². The highest BCUT2D eigenvalue weighted by atomic mass is 32.2. The minimum Gasteiger partial charge on any atom is -0.352 e. The Kier molecular flexibility index (Phi) is 5.37. The number of nitrogens with one attached hydrogen (secondary N) is 1. The number of hydrogen-bond donors (Lipinski definition) is 1. The van der Waals surface area contributed by atoms with Crippen molar-refractivity contribution in [2.75, 3.05) is 16.6 Å². The Balaban J connectivity index is 1.61. The van der Waals surface area contributed by atoms with Gasteiger partial charge < -0.3 is 5.32 Å². The lowest BCUT2D eigenvalue weighted by Gasteiger charge is -2.15. The minimum atomic E-state index is -3.63. The zero-order valence-electron chi connectivity index (χ0n) is 14.2. The van der Waals surface area contributed by atoms with E-state index in [2.05, 4.69) is 5.32 Å². The first-order valence-corrected chi connectivity index (χ1v) is 10.1. The Bertz CT molecular complexity index is 910. The van der Waals surface area contributed by atoms with E-state index in [1.165, 1.54) is 17.7 Å². The van der Waals surface area contributed by atoms with Crippen molar-refractivity contribution in [1.29, 1.82) is 0 Å². The van der Waals surface area contributed by atoms with E-state index in [1.54, 1.807) is 12.1 Å². The van der Waals surface area contributed by atoms with Gasteiger partial charge >= 0.3 is 0 Å². The Morgan fingerprint density at radius 3 is 2.54 bits per heavy atom. The number of aryl methyl sites for hydroxylation is 1. The van der Waals surface area contributed by atoms with Gasteiger partial charge in [0.25, 0.3) is 5.91 Å². The number of hydrogen-bond acceptors (Lipinski definition) is 4. The molecular weight excluding hydrogens is 352 g/mol. The standard InChI is InChI=1S/C19H20N2O4S/c22-18-11-13-26(24,25)21(18)17-10-4-9-16(14-17)19(23)20-12-5-8-15-6-2-1-3-7-15/h1-4,6-7,9-10,14H,5,8,11-13H2,(H,20,23). The van der Waals surface area contributed by atoms with Gasteiger partial charge in [0.05, 0.1) is 11.4 Å². The highest BCUT2D eigenvalue weighted by Gasteiger charge is 2.36. The molecule has 2 aromatic rings. The number of sulfonamides is 1. The summed E-state index contributed by atoms with van der Waals surface area (Å²) >= 11 is 0. The summed E-state index contributed by atoms with van der Waals surface area (Å²) in [7, 11) is -3.63. The molecule has 26 heavy (non-hydrogen) atoms. The summed E-state index contributed by atoms with van der Waals surface area (Å²) in [5, 5.41) is 2.83. The van der Waals surface area contributed by atoms with Gasteiger partial charge in [0.1, 0.15) is 0 Å². The lowest BCUT2D eigenvalue weighted by molar-refractivity contribution is -0.116. The predicted molar refractivity (Wildman–Crippen MR) is 99.4 cm³/mol. The second-order valence-electron chi connectivity index (χ2n) is 6.12. The van der Waals surface area contributed by atoms with E-state index < -0.39 is 15.9 Å². The van der Waals surface area contributed by atoms with Gasteiger partial charge in [0.15, 0.2) is 0 Å². The van der Waals surface area contributed by atoms with Crippen LogP contribution in [0, 0.1) is 0 Å². The number of nitrogens with zero attached hydrogens (tertiary/aromatic N) is 1. The van der Waals surface area contributed by atoms with Crippen LogP contribution in [0.25, 0.3) is 0 Å². The van der Waals surface area contributed by atoms with Crippen molar-refractivity contribution in [3.05, 3.63) is 65.7 Å². The summed E-state index contributed by atoms with van der Waals surface area (Å²) in [5.41, 5.74) is 1.75. The van der Waals surface area contributed by atoms with Crippen molar-refractivity contribution in [1.82, 2.24) is 5.32 Å². The van der Waals surface area contributed by atoms with Gasteiger partial charge in [-0.05, 0) is 36.6 Å². The third-order valence-corrected chi connectivity index (χ3v) is 5.88. The van der Waals surface area contributed by atoms with Crippen LogP contribution in [0.15, 0.2) is 54.6 Å². The minimum absolute atomic E-state index is 0.0295. The van der Waals surface area contributed by atoms with Crippen LogP contribution >= 0.6 is 0 Å². The first-order valence-electron chi connectivity index (χ1n) is 8.45. The summed E-state index contributed by atoms with van der Waals surface area (Å²) in [6.45, 7) is 0.513. The summed E-state index contributed by atoms with van der Waals surface area (Å²) in [6.07, 6.45) is 1.63. The molecule has 136 valence electrons. The van der Waals surface area contributed by atoms with Crippen LogP contribution in [0.3, 0.4) is 0 Å². The smallest absolute Gasteiger partial charge is 0.251 e. The SMILES string of the molecule is O=C(NCCCc1ccccc1)c1cccc(N2C(=O)CCS2(=O)=O)c1. The summed E-state index contributed by atoms with van der Waals surface area (Å²) in [6, 6.07) is 16.1. The third kappa shape index (κ3) is 4.11. The number of benzene rings is 2. The lowest BCUT2D eigenvalue weighted by Crippen LogP contribution is -2.30. The van der Waals surface area contributed by atoms with E-state index in [1.807, 2.05) is 30.3 Å². The molecule has 1 aliphatic rings. The van der Waals surface area contributed by atoms with Gasteiger partial charge in [-0.1, -0.05) is 36.4 Å². The summed E-state index contributed by atoms with van der Waals surface area (Å²) in [5.74, 6) is -0.948. The Morgan fingerprint density at radius 2 is 1.85 bits per heavy atom. The van der Waals surface area contributed by atoms with Crippen molar-refractivity contribution in [2.24, 2.45) is 0 Å². The second kappa shape index (κ2) is 7.70. The number of rotatable bonds is 6. The van der Waals surface area contributed by atoms with Gasteiger partial charge in [-0.25, -0.2) is 12.7 Å². The van der Waals surface area contributed by atoms with Crippen LogP contribution in [0.2, 0.25) is 0 Å². The molecular formula is C19H20N2O4S. The van der Waals surface area contributed by atoms with Crippen LogP contribution < -0.4 is 9.62 Å². The van der Waals surface area contributed by atoms with Gasteiger partial charge in [-0.3, -0.25) is 9.59 Å². The van der Waals surface area contributed by atoms with Gasteiger partial charge in [-0.15, -0.1) is 0 Å². The van der Waals surface area contributed by atoms with Crippen LogP contribution in [0.1, 0.15) is 28.8 Å². The number of carbonyl (C=O) groups excluding carboxylic acids is 2. The molecule has 2 amide bonds. The van der Waals surface area contributed by atoms with Crippen LogP contribution in [-0.2, 0) is 21.2 Å². The summed E-state index contributed by atoms with van der Waals surface area (Å²) < 4.78 is 24.8. The molecule has 0 aromatic heterocycles. The van der Waals surface area contributed by atoms with E-state index in [9.17, 15) is 18.0 Å². The Labute approximate surface area is 152 Å². The molecule has 1 N–H and O–H groups in total. The highest BCUT2D eigenvalue weighted by Crippen LogP contribution is 2.25. The van der Waals surface area contributed by atoms with E-state index in [-0.39, 0.29) is 23.8 Å². The molecule has 0 atom stereocenters. The molecule has 0 radical (unpaired) electrons. The fourth-order valence-electron chi connectivity index (χ4n) is 2.88. The first kappa shape index (κ1) is 18.1. The van der Waals surface area contributed by atoms with E-state index in [0.29, 0.717) is 12.1 Å². The maximum absolute atomic E-state index is 12.3. The molecule has 0 saturated carbocycles. The maximum atomic E-state index is 12.3. The molecule has 3 rings (SSSR count). The molecule has 0 spiro atoms. The highest BCUT2D eigenvalue weighted by molar-refractivity contribution is 7.94. The van der Waals surface area contributed by atoms with Crippen molar-refractivity contribution in [3.8, 4) is 0 Å². The second-order valence-corrected chi connectivity index (χ2v) is 8.06. The molecule has 0 bridgehead atoms. The maximum Gasteiger partial charge on any atom is 0.251 e. The number of amides is 2. The Morgan fingerprint density at radius 1 is 1.08 bits per heavy atom. The molecule has 1 heterocycles. The van der Waals surface area contributed by atoms with Gasteiger partial charge in [0, 0.05) is 18.5 Å². The van der Waals surface area contributed by atoms with Gasteiger partial charge in [0.2, 0.25) is 15.9 Å². The summed E-state index contributed by atoms with van der Waals surface area (Å²) in [4.78, 5) is 24.2. The van der Waals surface area contributed by atoms with E-state index in [4.69, 9.17) is 0 Å². The predicted octanol–water partition coefficient (Wildman–Crippen LogP) is 2.12. The fraction of sp³-hybridized carbons (Fsp3) is 0.263. The number of anilines is 1. The largest absolute Gasteiger partial charge is 0.352 e.